The smallest absolute Gasteiger partial charge is 0.257 e. The highest BCUT2D eigenvalue weighted by Crippen LogP contribution is 2.40. The van der Waals surface area contributed by atoms with E-state index in [9.17, 15) is 4.79 Å². The van der Waals surface area contributed by atoms with Crippen LogP contribution in [0.2, 0.25) is 0 Å². The Hall–Kier alpha value is -3.93. The maximum Gasteiger partial charge on any atom is 0.257 e. The van der Waals surface area contributed by atoms with Gasteiger partial charge < -0.3 is 10.6 Å². The van der Waals surface area contributed by atoms with Crippen LogP contribution in [0, 0.1) is 0 Å². The summed E-state index contributed by atoms with van der Waals surface area (Å²) in [4.78, 5) is 18.0. The lowest BCUT2D eigenvalue weighted by Gasteiger charge is -2.38. The number of benzene rings is 2. The number of nitrogens with one attached hydrogen (secondary N) is 2. The highest BCUT2D eigenvalue weighted by Gasteiger charge is 2.38. The van der Waals surface area contributed by atoms with Crippen molar-refractivity contribution in [3.8, 4) is 11.1 Å². The molecule has 2 aromatic heterocycles. The second-order valence-corrected chi connectivity index (χ2v) is 10.5. The molecule has 190 valence electrons. The zero-order valence-corrected chi connectivity index (χ0v) is 22.0. The first-order valence-electron chi connectivity index (χ1n) is 13.1. The summed E-state index contributed by atoms with van der Waals surface area (Å²) in [6.45, 7) is 8.60. The fourth-order valence-electron chi connectivity index (χ4n) is 5.51. The Balaban J connectivity index is 1.44. The minimum absolute atomic E-state index is 0.106. The van der Waals surface area contributed by atoms with Crippen molar-refractivity contribution in [3.05, 3.63) is 102 Å². The van der Waals surface area contributed by atoms with Crippen molar-refractivity contribution in [1.29, 1.82) is 0 Å². The number of carbonyl (C=O) groups is 1. The van der Waals surface area contributed by atoms with E-state index in [0.717, 1.165) is 41.8 Å². The van der Waals surface area contributed by atoms with Crippen molar-refractivity contribution < 1.29 is 4.79 Å². The number of hydrogen-bond acceptors (Lipinski definition) is 4. The molecule has 0 bridgehead atoms. The van der Waals surface area contributed by atoms with Crippen molar-refractivity contribution in [3.63, 3.8) is 0 Å². The van der Waals surface area contributed by atoms with Gasteiger partial charge in [-0.3, -0.25) is 9.78 Å². The van der Waals surface area contributed by atoms with Gasteiger partial charge in [0.05, 0.1) is 23.3 Å². The van der Waals surface area contributed by atoms with Crippen molar-refractivity contribution >= 4 is 11.7 Å². The van der Waals surface area contributed by atoms with Crippen LogP contribution in [0.3, 0.4) is 0 Å². The van der Waals surface area contributed by atoms with E-state index < -0.39 is 5.54 Å². The Bertz CT molecular complexity index is 1360. The van der Waals surface area contributed by atoms with Gasteiger partial charge in [0.25, 0.3) is 5.91 Å². The summed E-state index contributed by atoms with van der Waals surface area (Å²) >= 11 is 0. The minimum atomic E-state index is -0.484. The summed E-state index contributed by atoms with van der Waals surface area (Å²) in [5.74, 6) is 0.661. The molecule has 2 N–H and O–H groups in total. The van der Waals surface area contributed by atoms with Gasteiger partial charge in [0, 0.05) is 12.4 Å². The van der Waals surface area contributed by atoms with Crippen molar-refractivity contribution in [1.82, 2.24) is 20.1 Å². The number of amides is 1. The Labute approximate surface area is 219 Å². The SMILES string of the molecule is CCC(CC)(NC(=O)c1cnn2c1NC(c1ccccc1)CC2(C)C)c1ccc(-c2cccnc2)cc1. The molecule has 1 aliphatic heterocycles. The average molecular weight is 494 g/mol. The molecule has 1 aliphatic rings. The molecular formula is C31H35N5O. The summed E-state index contributed by atoms with van der Waals surface area (Å²) in [6.07, 6.45) is 7.77. The van der Waals surface area contributed by atoms with E-state index in [1.807, 2.05) is 23.0 Å². The lowest BCUT2D eigenvalue weighted by molar-refractivity contribution is 0.0890. The van der Waals surface area contributed by atoms with Crippen molar-refractivity contribution in [2.45, 2.75) is 64.1 Å². The van der Waals surface area contributed by atoms with Gasteiger partial charge in [-0.2, -0.15) is 5.10 Å². The molecule has 37 heavy (non-hydrogen) atoms. The fraction of sp³-hybridized carbons (Fsp3) is 0.323. The van der Waals surface area contributed by atoms with Gasteiger partial charge in [-0.1, -0.05) is 74.5 Å². The Morgan fingerprint density at radius 3 is 2.38 bits per heavy atom. The minimum Gasteiger partial charge on any atom is -0.363 e. The summed E-state index contributed by atoms with van der Waals surface area (Å²) in [6, 6.07) is 23.0. The lowest BCUT2D eigenvalue weighted by Crippen LogP contribution is -2.45. The van der Waals surface area contributed by atoms with Crippen LogP contribution >= 0.6 is 0 Å². The number of pyridine rings is 1. The zero-order valence-electron chi connectivity index (χ0n) is 22.0. The maximum atomic E-state index is 13.8. The maximum absolute atomic E-state index is 13.8. The van der Waals surface area contributed by atoms with Gasteiger partial charge in [0.15, 0.2) is 0 Å². The summed E-state index contributed by atoms with van der Waals surface area (Å²) < 4.78 is 1.96. The molecule has 0 radical (unpaired) electrons. The van der Waals surface area contributed by atoms with Gasteiger partial charge in [0.2, 0.25) is 0 Å². The second kappa shape index (κ2) is 9.85. The van der Waals surface area contributed by atoms with Crippen LogP contribution in [-0.4, -0.2) is 20.7 Å². The number of hydrogen-bond donors (Lipinski definition) is 2. The summed E-state index contributed by atoms with van der Waals surface area (Å²) in [5, 5.41) is 11.7. The third-order valence-electron chi connectivity index (χ3n) is 7.80. The molecule has 2 aromatic carbocycles. The van der Waals surface area contributed by atoms with Gasteiger partial charge in [-0.05, 0) is 61.4 Å². The molecule has 6 heteroatoms. The van der Waals surface area contributed by atoms with Gasteiger partial charge in [-0.15, -0.1) is 0 Å². The van der Waals surface area contributed by atoms with Gasteiger partial charge in [0.1, 0.15) is 11.4 Å². The third-order valence-corrected chi connectivity index (χ3v) is 7.80. The molecule has 6 nitrogen and oxygen atoms in total. The van der Waals surface area contributed by atoms with Crippen LogP contribution < -0.4 is 10.6 Å². The predicted molar refractivity (Wildman–Crippen MR) is 148 cm³/mol. The number of anilines is 1. The van der Waals surface area contributed by atoms with Gasteiger partial charge in [-0.25, -0.2) is 4.68 Å². The molecule has 1 atom stereocenters. The van der Waals surface area contributed by atoms with E-state index in [1.165, 1.54) is 5.56 Å². The molecular weight excluding hydrogens is 458 g/mol. The molecule has 4 aromatic rings. The molecule has 3 heterocycles. The van der Waals surface area contributed by atoms with Crippen LogP contribution in [0.5, 0.6) is 0 Å². The van der Waals surface area contributed by atoms with E-state index in [2.05, 4.69) is 103 Å². The molecule has 0 spiro atoms. The first-order valence-corrected chi connectivity index (χ1v) is 13.1. The van der Waals surface area contributed by atoms with Crippen molar-refractivity contribution in [2.24, 2.45) is 0 Å². The van der Waals surface area contributed by atoms with Crippen LogP contribution in [-0.2, 0) is 11.1 Å². The number of rotatable bonds is 7. The van der Waals surface area contributed by atoms with Crippen molar-refractivity contribution in [2.75, 3.05) is 5.32 Å². The number of carbonyl (C=O) groups excluding carboxylic acids is 1. The number of fused-ring (bicyclic) bond motifs is 1. The predicted octanol–water partition coefficient (Wildman–Crippen LogP) is 6.68. The van der Waals surface area contributed by atoms with Crippen LogP contribution in [0.4, 0.5) is 5.82 Å². The summed E-state index contributed by atoms with van der Waals surface area (Å²) in [7, 11) is 0. The van der Waals surface area contributed by atoms with E-state index >= 15 is 0 Å². The number of aromatic nitrogens is 3. The number of nitrogens with zero attached hydrogens (tertiary/aromatic N) is 3. The topological polar surface area (TPSA) is 71.8 Å². The second-order valence-electron chi connectivity index (χ2n) is 10.5. The van der Waals surface area contributed by atoms with E-state index in [4.69, 9.17) is 0 Å². The van der Waals surface area contributed by atoms with E-state index in [1.54, 1.807) is 12.4 Å². The molecule has 1 unspecified atom stereocenters. The van der Waals surface area contributed by atoms with Crippen LogP contribution in [0.15, 0.2) is 85.3 Å². The monoisotopic (exact) mass is 493 g/mol. The standard InChI is InChI=1S/C31H35N5O/c1-5-31(6-2,25-16-14-22(15-17-25)24-13-10-18-32-20-24)35-29(37)26-21-33-36-28(26)34-27(19-30(36,3)4)23-11-8-7-9-12-23/h7-18,20-21,27,34H,5-6,19H2,1-4H3,(H,35,37). The van der Waals surface area contributed by atoms with Crippen LogP contribution in [0.1, 0.15) is 74.5 Å². The molecule has 1 amide bonds. The fourth-order valence-corrected chi connectivity index (χ4v) is 5.51. The Kier molecular flexibility index (Phi) is 6.59. The third kappa shape index (κ3) is 4.64. The zero-order chi connectivity index (χ0) is 26.0. The van der Waals surface area contributed by atoms with E-state index in [-0.39, 0.29) is 17.5 Å². The average Bonchev–Trinajstić information content (AvgIpc) is 3.38. The Morgan fingerprint density at radius 1 is 1.00 bits per heavy atom. The first kappa shape index (κ1) is 24.8. The molecule has 0 fully saturated rings. The first-order chi connectivity index (χ1) is 17.9. The van der Waals surface area contributed by atoms with Crippen LogP contribution in [0.25, 0.3) is 11.1 Å². The molecule has 0 aliphatic carbocycles. The largest absolute Gasteiger partial charge is 0.363 e. The van der Waals surface area contributed by atoms with E-state index in [0.29, 0.717) is 5.56 Å². The lowest BCUT2D eigenvalue weighted by atomic mass is 9.83. The quantitative estimate of drug-likeness (QED) is 0.301. The highest BCUT2D eigenvalue weighted by molar-refractivity contribution is 5.99. The molecule has 5 rings (SSSR count). The summed E-state index contributed by atoms with van der Waals surface area (Å²) in [5.41, 5.74) is 4.34. The molecule has 0 saturated heterocycles. The highest BCUT2D eigenvalue weighted by atomic mass is 16.1. The molecule has 0 saturated carbocycles. The van der Waals surface area contributed by atoms with Gasteiger partial charge >= 0.3 is 0 Å². The normalized spacial score (nSPS) is 16.5. The Morgan fingerprint density at radius 2 is 1.73 bits per heavy atom.